The van der Waals surface area contributed by atoms with E-state index >= 15 is 0 Å². The van der Waals surface area contributed by atoms with Crippen LogP contribution in [-0.4, -0.2) is 0 Å². The molecule has 0 saturated heterocycles. The molecule has 0 fully saturated rings. The molecule has 0 heterocycles. The first-order chi connectivity index (χ1) is 26.9. The molecule has 0 amide bonds. The molecule has 2 aliphatic rings. The molecule has 10 rings (SSSR count). The summed E-state index contributed by atoms with van der Waals surface area (Å²) in [5.41, 5.74) is 25.7. The van der Waals surface area contributed by atoms with Crippen molar-refractivity contribution in [2.24, 2.45) is 5.73 Å². The average Bonchev–Trinajstić information content (AvgIpc) is 3.54. The molecule has 8 aromatic carbocycles. The fraction of sp³-hybridized carbons (Fsp3) is 0.111. The van der Waals surface area contributed by atoms with Gasteiger partial charge in [0.2, 0.25) is 0 Å². The standard InChI is InChI=1S/C41H33N.C13H12/c1-40(2)34-19-8-10-21-36(34)41(37-22-11-9-20-35(37)40)33-18-7-6-17-31(33)32-24-23-29(26-38(32)41)28-15-12-16-30(25-28)39(42)27-13-4-3-5-14-27;1-11-7-9-13(10-8-11)12-5-3-2-4-6-12/h3-26,39H,42H2,1-2H3;2-10H,1H3. The maximum atomic E-state index is 6.75. The Morgan fingerprint density at radius 3 is 1.47 bits per heavy atom. The predicted molar refractivity (Wildman–Crippen MR) is 230 cm³/mol. The SMILES string of the molecule is CC1(C)c2ccccc2C2(c3ccccc3-c3ccc(-c4cccc(C(N)c5ccccc5)c4)cc32)c2ccccc21.Cc1ccc(-c2ccccc2)cc1. The maximum Gasteiger partial charge on any atom is 0.0719 e. The van der Waals surface area contributed by atoms with Gasteiger partial charge in [-0.2, -0.15) is 0 Å². The van der Waals surface area contributed by atoms with Crippen LogP contribution in [0.25, 0.3) is 33.4 Å². The Balaban J connectivity index is 0.000000258. The highest BCUT2D eigenvalue weighted by molar-refractivity contribution is 5.90. The molecule has 1 nitrogen and oxygen atoms in total. The Kier molecular flexibility index (Phi) is 8.68. The first-order valence-corrected chi connectivity index (χ1v) is 19.3. The van der Waals surface area contributed by atoms with Crippen LogP contribution in [0.5, 0.6) is 0 Å². The normalized spacial score (nSPS) is 14.4. The van der Waals surface area contributed by atoms with E-state index in [0.717, 1.165) is 11.1 Å². The molecule has 0 saturated carbocycles. The number of hydrogen-bond acceptors (Lipinski definition) is 1. The van der Waals surface area contributed by atoms with E-state index in [9.17, 15) is 0 Å². The molecule has 2 aliphatic carbocycles. The first kappa shape index (κ1) is 34.5. The highest BCUT2D eigenvalue weighted by atomic mass is 14.6. The van der Waals surface area contributed by atoms with Crippen LogP contribution in [0.4, 0.5) is 0 Å². The Hall–Kier alpha value is -6.28. The zero-order chi connectivity index (χ0) is 37.6. The Labute approximate surface area is 325 Å². The van der Waals surface area contributed by atoms with Crippen molar-refractivity contribution in [3.8, 4) is 33.4 Å². The summed E-state index contributed by atoms with van der Waals surface area (Å²) in [5, 5.41) is 0. The van der Waals surface area contributed by atoms with Crippen LogP contribution in [0.2, 0.25) is 0 Å². The predicted octanol–water partition coefficient (Wildman–Crippen LogP) is 13.1. The molecule has 0 bridgehead atoms. The van der Waals surface area contributed by atoms with Crippen molar-refractivity contribution in [3.63, 3.8) is 0 Å². The second-order valence-corrected chi connectivity index (χ2v) is 15.5. The van der Waals surface area contributed by atoms with Crippen LogP contribution in [0.3, 0.4) is 0 Å². The summed E-state index contributed by atoms with van der Waals surface area (Å²) < 4.78 is 0. The molecule has 1 atom stereocenters. The van der Waals surface area contributed by atoms with Gasteiger partial charge in [0.1, 0.15) is 0 Å². The highest BCUT2D eigenvalue weighted by Crippen LogP contribution is 2.62. The number of fused-ring (bicyclic) bond motifs is 9. The molecular weight excluding hydrogens is 663 g/mol. The number of aryl methyl sites for hydroxylation is 1. The Morgan fingerprint density at radius 1 is 0.364 bits per heavy atom. The van der Waals surface area contributed by atoms with E-state index in [1.807, 2.05) is 12.1 Å². The van der Waals surface area contributed by atoms with Crippen molar-refractivity contribution in [2.45, 2.75) is 37.6 Å². The number of benzene rings is 8. The summed E-state index contributed by atoms with van der Waals surface area (Å²) in [6, 6.07) is 72.3. The van der Waals surface area contributed by atoms with E-state index in [-0.39, 0.29) is 16.9 Å². The summed E-state index contributed by atoms with van der Waals surface area (Å²) in [7, 11) is 0. The third-order valence-corrected chi connectivity index (χ3v) is 12.0. The first-order valence-electron chi connectivity index (χ1n) is 19.3. The van der Waals surface area contributed by atoms with Crippen molar-refractivity contribution in [2.75, 3.05) is 0 Å². The van der Waals surface area contributed by atoms with Gasteiger partial charge in [-0.15, -0.1) is 0 Å². The van der Waals surface area contributed by atoms with Gasteiger partial charge in [0.25, 0.3) is 0 Å². The van der Waals surface area contributed by atoms with Gasteiger partial charge in [-0.1, -0.05) is 207 Å². The maximum absolute atomic E-state index is 6.75. The van der Waals surface area contributed by atoms with Crippen LogP contribution in [0.15, 0.2) is 200 Å². The summed E-state index contributed by atoms with van der Waals surface area (Å²) >= 11 is 0. The van der Waals surface area contributed by atoms with Crippen LogP contribution in [-0.2, 0) is 10.8 Å². The minimum atomic E-state index is -0.386. The molecule has 55 heavy (non-hydrogen) atoms. The zero-order valence-electron chi connectivity index (χ0n) is 31.7. The monoisotopic (exact) mass is 707 g/mol. The van der Waals surface area contributed by atoms with E-state index in [1.165, 1.54) is 72.3 Å². The second kappa shape index (κ2) is 13.9. The molecule has 1 spiro atoms. The molecule has 2 N–H and O–H groups in total. The lowest BCUT2D eigenvalue weighted by Gasteiger charge is -2.46. The third kappa shape index (κ3) is 5.75. The van der Waals surface area contributed by atoms with Crippen LogP contribution >= 0.6 is 0 Å². The van der Waals surface area contributed by atoms with Gasteiger partial charge in [-0.05, 0) is 96.9 Å². The average molecular weight is 708 g/mol. The summed E-state index contributed by atoms with van der Waals surface area (Å²) in [4.78, 5) is 0. The lowest BCUT2D eigenvalue weighted by Crippen LogP contribution is -2.40. The van der Waals surface area contributed by atoms with Gasteiger partial charge in [-0.25, -0.2) is 0 Å². The molecule has 1 unspecified atom stereocenters. The number of rotatable bonds is 4. The van der Waals surface area contributed by atoms with Gasteiger partial charge in [0, 0.05) is 5.41 Å². The van der Waals surface area contributed by atoms with Crippen LogP contribution in [0, 0.1) is 6.92 Å². The minimum absolute atomic E-state index is 0.102. The molecule has 1 heteroatoms. The van der Waals surface area contributed by atoms with E-state index in [0.29, 0.717) is 0 Å². The van der Waals surface area contributed by atoms with E-state index < -0.39 is 0 Å². The quantitative estimate of drug-likeness (QED) is 0.194. The zero-order valence-corrected chi connectivity index (χ0v) is 31.7. The fourth-order valence-electron chi connectivity index (χ4n) is 9.18. The number of hydrogen-bond donors (Lipinski definition) is 1. The van der Waals surface area contributed by atoms with Crippen molar-refractivity contribution < 1.29 is 0 Å². The Bertz CT molecular complexity index is 2580. The van der Waals surface area contributed by atoms with Crippen LogP contribution in [0.1, 0.15) is 70.0 Å². The number of nitrogens with two attached hydrogens (primary N) is 1. The largest absolute Gasteiger partial charge is 0.320 e. The Morgan fingerprint density at radius 2 is 0.818 bits per heavy atom. The lowest BCUT2D eigenvalue weighted by atomic mass is 9.55. The fourth-order valence-corrected chi connectivity index (χ4v) is 9.18. The van der Waals surface area contributed by atoms with E-state index in [4.69, 9.17) is 5.73 Å². The summed E-state index contributed by atoms with van der Waals surface area (Å²) in [5.74, 6) is 0. The van der Waals surface area contributed by atoms with Crippen molar-refractivity contribution in [1.82, 2.24) is 0 Å². The van der Waals surface area contributed by atoms with Gasteiger partial charge in [0.15, 0.2) is 0 Å². The van der Waals surface area contributed by atoms with Gasteiger partial charge in [0.05, 0.1) is 11.5 Å². The molecule has 8 aromatic rings. The van der Waals surface area contributed by atoms with E-state index in [2.05, 4.69) is 209 Å². The van der Waals surface area contributed by atoms with E-state index in [1.54, 1.807) is 0 Å². The van der Waals surface area contributed by atoms with Gasteiger partial charge >= 0.3 is 0 Å². The van der Waals surface area contributed by atoms with Gasteiger partial charge < -0.3 is 5.73 Å². The minimum Gasteiger partial charge on any atom is -0.320 e. The summed E-state index contributed by atoms with van der Waals surface area (Å²) in [6.07, 6.45) is 0. The van der Waals surface area contributed by atoms with Crippen molar-refractivity contribution in [3.05, 3.63) is 250 Å². The second-order valence-electron chi connectivity index (χ2n) is 15.5. The molecule has 0 radical (unpaired) electrons. The highest BCUT2D eigenvalue weighted by Gasteiger charge is 2.53. The smallest absolute Gasteiger partial charge is 0.0719 e. The lowest BCUT2D eigenvalue weighted by molar-refractivity contribution is 0.563. The van der Waals surface area contributed by atoms with Gasteiger partial charge in [-0.3, -0.25) is 0 Å². The topological polar surface area (TPSA) is 26.0 Å². The molecule has 0 aliphatic heterocycles. The molecular formula is C54H45N. The van der Waals surface area contributed by atoms with Crippen LogP contribution < -0.4 is 5.73 Å². The van der Waals surface area contributed by atoms with Crippen molar-refractivity contribution in [1.29, 1.82) is 0 Å². The summed E-state index contributed by atoms with van der Waals surface area (Å²) in [6.45, 7) is 6.85. The molecule has 0 aromatic heterocycles. The third-order valence-electron chi connectivity index (χ3n) is 12.0. The molecule has 266 valence electrons. The van der Waals surface area contributed by atoms with Crippen molar-refractivity contribution >= 4 is 0 Å².